The number of H-pyrrole nitrogens is 1. The zero-order valence-electron chi connectivity index (χ0n) is 20.0. The van der Waals surface area contributed by atoms with Gasteiger partial charge in [-0.2, -0.15) is 0 Å². The number of aliphatic imine (C=N–C) groups is 1. The van der Waals surface area contributed by atoms with Crippen LogP contribution in [0.3, 0.4) is 0 Å². The van der Waals surface area contributed by atoms with Gasteiger partial charge in [-0.1, -0.05) is 36.4 Å². The number of nitrogens with zero attached hydrogens (tertiary/aromatic N) is 4. The van der Waals surface area contributed by atoms with Crippen molar-refractivity contribution in [3.05, 3.63) is 120 Å². The van der Waals surface area contributed by atoms with E-state index in [0.29, 0.717) is 22.9 Å². The van der Waals surface area contributed by atoms with E-state index < -0.39 is 17.9 Å². The second kappa shape index (κ2) is 10.7. The van der Waals surface area contributed by atoms with E-state index in [1.807, 2.05) is 36.4 Å². The van der Waals surface area contributed by atoms with Crippen LogP contribution >= 0.6 is 0 Å². The second-order valence-corrected chi connectivity index (χ2v) is 8.42. The molecule has 0 fully saturated rings. The molecule has 10 heteroatoms. The van der Waals surface area contributed by atoms with Crippen molar-refractivity contribution in [3.8, 4) is 0 Å². The first-order valence-electron chi connectivity index (χ1n) is 11.7. The van der Waals surface area contributed by atoms with Crippen LogP contribution < -0.4 is 10.2 Å². The van der Waals surface area contributed by atoms with E-state index in [2.05, 4.69) is 25.3 Å². The van der Waals surface area contributed by atoms with E-state index in [1.165, 1.54) is 29.6 Å². The summed E-state index contributed by atoms with van der Waals surface area (Å²) in [4.78, 5) is 55.0. The van der Waals surface area contributed by atoms with Gasteiger partial charge < -0.3 is 15.4 Å². The number of carboxylic acids is 1. The van der Waals surface area contributed by atoms with Gasteiger partial charge in [-0.3, -0.25) is 19.5 Å². The molecule has 38 heavy (non-hydrogen) atoms. The first kappa shape index (κ1) is 24.3. The number of nitrogens with one attached hydrogen (secondary N) is 2. The Bertz CT molecular complexity index is 1510. The number of imidazole rings is 1. The van der Waals surface area contributed by atoms with Crippen LogP contribution in [0.2, 0.25) is 0 Å². The first-order valence-corrected chi connectivity index (χ1v) is 11.7. The molecule has 4 aromatic rings. The SMILES string of the molecule is O=C(N[C@@H](Cc1cnc[nH]1)C(=O)O)c1ccc(N2C(=O)/C(=C/c3ccccn3)N=C2c2ccccc2)cc1. The summed E-state index contributed by atoms with van der Waals surface area (Å²) >= 11 is 0. The third-order valence-corrected chi connectivity index (χ3v) is 5.83. The molecule has 1 atom stereocenters. The number of carbonyl (C=O) groups is 3. The molecule has 3 heterocycles. The zero-order valence-corrected chi connectivity index (χ0v) is 20.0. The average Bonchev–Trinajstić information content (AvgIpc) is 3.57. The Balaban J connectivity index is 1.40. The van der Waals surface area contributed by atoms with Gasteiger partial charge in [0.2, 0.25) is 0 Å². The molecule has 2 amide bonds. The lowest BCUT2D eigenvalue weighted by Crippen LogP contribution is -2.42. The molecule has 2 aromatic carbocycles. The van der Waals surface area contributed by atoms with E-state index in [-0.39, 0.29) is 23.6 Å². The molecule has 3 N–H and O–H groups in total. The maximum atomic E-state index is 13.4. The highest BCUT2D eigenvalue weighted by Crippen LogP contribution is 2.28. The Morgan fingerprint density at radius 3 is 2.45 bits per heavy atom. The highest BCUT2D eigenvalue weighted by Gasteiger charge is 2.32. The summed E-state index contributed by atoms with van der Waals surface area (Å²) < 4.78 is 0. The van der Waals surface area contributed by atoms with Gasteiger partial charge in [0.1, 0.15) is 17.6 Å². The van der Waals surface area contributed by atoms with Gasteiger partial charge in [-0.25, -0.2) is 14.8 Å². The standard InChI is InChI=1S/C28H22N6O4/c35-26(33-24(28(37)38)15-21-16-29-17-31-21)19-9-11-22(12-10-19)34-25(18-6-2-1-3-7-18)32-23(27(34)36)14-20-8-4-5-13-30-20/h1-14,16-17,24H,15H2,(H,29,31)(H,33,35)(H,37,38)/b23-14-/t24-/m0/s1. The number of hydrogen-bond acceptors (Lipinski definition) is 6. The predicted molar refractivity (Wildman–Crippen MR) is 140 cm³/mol. The van der Waals surface area contributed by atoms with E-state index in [1.54, 1.807) is 36.5 Å². The van der Waals surface area contributed by atoms with Crippen LogP contribution in [0.15, 0.2) is 102 Å². The molecular weight excluding hydrogens is 484 g/mol. The van der Waals surface area contributed by atoms with Crippen molar-refractivity contribution in [2.24, 2.45) is 4.99 Å². The van der Waals surface area contributed by atoms with Crippen LogP contribution in [0.5, 0.6) is 0 Å². The minimum atomic E-state index is -1.16. The van der Waals surface area contributed by atoms with Gasteiger partial charge in [0.05, 0.1) is 17.7 Å². The summed E-state index contributed by atoms with van der Waals surface area (Å²) in [6.45, 7) is 0. The minimum Gasteiger partial charge on any atom is -0.480 e. The van der Waals surface area contributed by atoms with Gasteiger partial charge in [0, 0.05) is 35.6 Å². The third kappa shape index (κ3) is 5.24. The van der Waals surface area contributed by atoms with Crippen LogP contribution in [0.1, 0.15) is 27.3 Å². The molecular formula is C28H22N6O4. The second-order valence-electron chi connectivity index (χ2n) is 8.42. The monoisotopic (exact) mass is 506 g/mol. The van der Waals surface area contributed by atoms with Crippen molar-refractivity contribution < 1.29 is 19.5 Å². The smallest absolute Gasteiger partial charge is 0.326 e. The summed E-state index contributed by atoms with van der Waals surface area (Å²) in [7, 11) is 0. The van der Waals surface area contributed by atoms with Gasteiger partial charge >= 0.3 is 5.97 Å². The van der Waals surface area contributed by atoms with Crippen LogP contribution in [0.25, 0.3) is 6.08 Å². The first-order chi connectivity index (χ1) is 18.5. The fourth-order valence-electron chi connectivity index (χ4n) is 3.96. The lowest BCUT2D eigenvalue weighted by Gasteiger charge is -2.19. The number of aliphatic carboxylic acids is 1. The van der Waals surface area contributed by atoms with Crippen LogP contribution in [0, 0.1) is 0 Å². The highest BCUT2D eigenvalue weighted by atomic mass is 16.4. The Morgan fingerprint density at radius 1 is 1.03 bits per heavy atom. The molecule has 0 spiro atoms. The van der Waals surface area contributed by atoms with Crippen LogP contribution in [-0.4, -0.2) is 49.7 Å². The Labute approximate surface area is 217 Å². The molecule has 0 aliphatic carbocycles. The molecule has 188 valence electrons. The number of carbonyl (C=O) groups excluding carboxylic acids is 2. The van der Waals surface area contributed by atoms with Crippen LogP contribution in [-0.2, 0) is 16.0 Å². The number of amides is 2. The normalized spacial score (nSPS) is 14.8. The van der Waals surface area contributed by atoms with Crippen molar-refractivity contribution in [2.75, 3.05) is 4.90 Å². The van der Waals surface area contributed by atoms with Crippen molar-refractivity contribution in [3.63, 3.8) is 0 Å². The van der Waals surface area contributed by atoms with Crippen LogP contribution in [0.4, 0.5) is 5.69 Å². The molecule has 5 rings (SSSR count). The number of rotatable bonds is 8. The maximum Gasteiger partial charge on any atom is 0.326 e. The summed E-state index contributed by atoms with van der Waals surface area (Å²) in [6, 6.07) is 19.9. The molecule has 0 saturated heterocycles. The van der Waals surface area contributed by atoms with E-state index in [4.69, 9.17) is 0 Å². The number of amidine groups is 1. The average molecular weight is 507 g/mol. The minimum absolute atomic E-state index is 0.0592. The zero-order chi connectivity index (χ0) is 26.5. The number of carboxylic acid groups (broad SMARTS) is 1. The predicted octanol–water partition coefficient (Wildman–Crippen LogP) is 3.06. The third-order valence-electron chi connectivity index (χ3n) is 5.83. The quantitative estimate of drug-likeness (QED) is 0.314. The Hall–Kier alpha value is -5.38. The summed E-state index contributed by atoms with van der Waals surface area (Å²) in [5, 5.41) is 12.1. The lowest BCUT2D eigenvalue weighted by molar-refractivity contribution is -0.139. The number of pyridine rings is 1. The number of aromatic amines is 1. The Kier molecular flexibility index (Phi) is 6.85. The molecule has 2 aromatic heterocycles. The largest absolute Gasteiger partial charge is 0.480 e. The number of hydrogen-bond donors (Lipinski definition) is 3. The molecule has 10 nitrogen and oxygen atoms in total. The van der Waals surface area contributed by atoms with Gasteiger partial charge in [0.25, 0.3) is 11.8 Å². The van der Waals surface area contributed by atoms with E-state index in [0.717, 1.165) is 5.56 Å². The maximum absolute atomic E-state index is 13.4. The van der Waals surface area contributed by atoms with E-state index in [9.17, 15) is 19.5 Å². The topological polar surface area (TPSA) is 141 Å². The van der Waals surface area contributed by atoms with Crippen molar-refractivity contribution in [1.29, 1.82) is 0 Å². The highest BCUT2D eigenvalue weighted by molar-refractivity contribution is 6.33. The van der Waals surface area contributed by atoms with Gasteiger partial charge in [-0.15, -0.1) is 0 Å². The fraction of sp³-hybridized carbons (Fsp3) is 0.0714. The molecule has 0 unspecified atom stereocenters. The number of anilines is 1. The van der Waals surface area contributed by atoms with E-state index >= 15 is 0 Å². The van der Waals surface area contributed by atoms with Gasteiger partial charge in [-0.05, 0) is 42.5 Å². The van der Waals surface area contributed by atoms with Crippen molar-refractivity contribution in [1.82, 2.24) is 20.3 Å². The van der Waals surface area contributed by atoms with Crippen molar-refractivity contribution in [2.45, 2.75) is 12.5 Å². The summed E-state index contributed by atoms with van der Waals surface area (Å²) in [6.07, 6.45) is 6.27. The summed E-state index contributed by atoms with van der Waals surface area (Å²) in [5.41, 5.74) is 2.92. The molecule has 1 aliphatic heterocycles. The molecule has 0 saturated carbocycles. The summed E-state index contributed by atoms with van der Waals surface area (Å²) in [5.74, 6) is -1.61. The molecule has 0 radical (unpaired) electrons. The number of benzene rings is 2. The van der Waals surface area contributed by atoms with Gasteiger partial charge in [0.15, 0.2) is 0 Å². The molecule has 0 bridgehead atoms. The van der Waals surface area contributed by atoms with Crippen molar-refractivity contribution >= 4 is 35.4 Å². The Morgan fingerprint density at radius 2 is 1.79 bits per heavy atom. The fourth-order valence-corrected chi connectivity index (χ4v) is 3.96. The number of aromatic nitrogens is 3. The molecule has 1 aliphatic rings. The lowest BCUT2D eigenvalue weighted by atomic mass is 10.1.